The zero-order chi connectivity index (χ0) is 18.4. The lowest BCUT2D eigenvalue weighted by Gasteiger charge is -2.38. The van der Waals surface area contributed by atoms with Gasteiger partial charge < -0.3 is 9.47 Å². The lowest BCUT2D eigenvalue weighted by atomic mass is 9.93. The fourth-order valence-corrected chi connectivity index (χ4v) is 4.30. The molecule has 138 valence electrons. The number of amides is 1. The van der Waals surface area contributed by atoms with Crippen LogP contribution in [0.15, 0.2) is 36.9 Å². The predicted molar refractivity (Wildman–Crippen MR) is 102 cm³/mol. The van der Waals surface area contributed by atoms with Crippen LogP contribution in [-0.2, 0) is 17.8 Å². The Morgan fingerprint density at radius 2 is 2.15 bits per heavy atom. The maximum absolute atomic E-state index is 12.7. The average Bonchev–Trinajstić information content (AvgIpc) is 3.41. The number of carbonyl (C=O) groups excluding carboxylic acids is 1. The normalized spacial score (nSPS) is 21.7. The van der Waals surface area contributed by atoms with Crippen molar-refractivity contribution in [3.63, 3.8) is 0 Å². The minimum atomic E-state index is 0.0753. The van der Waals surface area contributed by atoms with Crippen molar-refractivity contribution in [3.05, 3.63) is 48.2 Å². The lowest BCUT2D eigenvalue weighted by Crippen LogP contribution is -2.45. The largest absolute Gasteiger partial charge is 0.342 e. The number of allylic oxidation sites excluding steroid dienone is 1. The van der Waals surface area contributed by atoms with Gasteiger partial charge in [-0.2, -0.15) is 15.0 Å². The molecule has 7 heteroatoms. The quantitative estimate of drug-likeness (QED) is 0.717. The number of nitrogens with zero attached hydrogens (tertiary/aromatic N) is 6. The number of fused-ring (bicyclic) bond motifs is 3. The summed E-state index contributed by atoms with van der Waals surface area (Å²) >= 11 is 0. The number of piperidine rings is 1. The number of carbonyl (C=O) groups is 1. The number of hydrogen-bond acceptors (Lipinski definition) is 4. The van der Waals surface area contributed by atoms with Crippen molar-refractivity contribution in [3.8, 4) is 0 Å². The van der Waals surface area contributed by atoms with E-state index in [0.717, 1.165) is 30.5 Å². The third-order valence-electron chi connectivity index (χ3n) is 5.84. The van der Waals surface area contributed by atoms with Gasteiger partial charge in [0.15, 0.2) is 0 Å². The molecule has 0 aromatic carbocycles. The second-order valence-electron chi connectivity index (χ2n) is 7.48. The SMILES string of the molecule is C[C@@H]1CCN(C(=O)Cn2nccn2)C[C@@H]1n1ccc2cnc3c(c21)C=CC3. The van der Waals surface area contributed by atoms with E-state index in [9.17, 15) is 4.79 Å². The fraction of sp³-hybridized carbons (Fsp3) is 0.400. The van der Waals surface area contributed by atoms with Gasteiger partial charge in [-0.15, -0.1) is 0 Å². The number of rotatable bonds is 3. The smallest absolute Gasteiger partial charge is 0.246 e. The van der Waals surface area contributed by atoms with Crippen LogP contribution in [0.4, 0.5) is 0 Å². The summed E-state index contributed by atoms with van der Waals surface area (Å²) < 4.78 is 2.36. The van der Waals surface area contributed by atoms with E-state index < -0.39 is 0 Å². The molecule has 0 spiro atoms. The minimum Gasteiger partial charge on any atom is -0.342 e. The van der Waals surface area contributed by atoms with Crippen molar-refractivity contribution in [1.29, 1.82) is 0 Å². The van der Waals surface area contributed by atoms with Gasteiger partial charge in [0.25, 0.3) is 0 Å². The van der Waals surface area contributed by atoms with Crippen molar-refractivity contribution in [1.82, 2.24) is 29.4 Å². The third-order valence-corrected chi connectivity index (χ3v) is 5.84. The van der Waals surface area contributed by atoms with Crippen LogP contribution in [0, 0.1) is 5.92 Å². The highest BCUT2D eigenvalue weighted by Crippen LogP contribution is 2.34. The predicted octanol–water partition coefficient (Wildman–Crippen LogP) is 2.31. The van der Waals surface area contributed by atoms with Crippen molar-refractivity contribution in [2.75, 3.05) is 13.1 Å². The van der Waals surface area contributed by atoms with E-state index in [0.29, 0.717) is 12.5 Å². The first kappa shape index (κ1) is 16.2. The number of likely N-dealkylation sites (tertiary alicyclic amines) is 1. The minimum absolute atomic E-state index is 0.0753. The summed E-state index contributed by atoms with van der Waals surface area (Å²) in [5, 5.41) is 9.27. The van der Waals surface area contributed by atoms with Crippen LogP contribution in [-0.4, -0.2) is 48.4 Å². The fourth-order valence-electron chi connectivity index (χ4n) is 4.30. The van der Waals surface area contributed by atoms with E-state index in [1.54, 1.807) is 12.4 Å². The highest BCUT2D eigenvalue weighted by atomic mass is 16.2. The van der Waals surface area contributed by atoms with Crippen LogP contribution in [0.3, 0.4) is 0 Å². The molecule has 7 nitrogen and oxygen atoms in total. The van der Waals surface area contributed by atoms with E-state index in [-0.39, 0.29) is 18.5 Å². The van der Waals surface area contributed by atoms with Gasteiger partial charge >= 0.3 is 0 Å². The molecule has 1 aliphatic carbocycles. The molecular formula is C20H22N6O. The van der Waals surface area contributed by atoms with E-state index in [4.69, 9.17) is 0 Å². The molecule has 3 aromatic heterocycles. The van der Waals surface area contributed by atoms with Gasteiger partial charge in [0.1, 0.15) is 6.54 Å². The van der Waals surface area contributed by atoms with Gasteiger partial charge in [-0.05, 0) is 18.4 Å². The van der Waals surface area contributed by atoms with E-state index >= 15 is 0 Å². The molecule has 0 N–H and O–H groups in total. The molecule has 3 aromatic rings. The molecule has 0 unspecified atom stereocenters. The second kappa shape index (κ2) is 6.33. The van der Waals surface area contributed by atoms with Gasteiger partial charge in [-0.3, -0.25) is 9.78 Å². The maximum Gasteiger partial charge on any atom is 0.246 e. The van der Waals surface area contributed by atoms with Crippen molar-refractivity contribution in [2.45, 2.75) is 32.4 Å². The molecule has 1 aliphatic heterocycles. The summed E-state index contributed by atoms with van der Waals surface area (Å²) in [5.74, 6) is 0.577. The average molecular weight is 362 g/mol. The zero-order valence-corrected chi connectivity index (χ0v) is 15.3. The molecule has 0 bridgehead atoms. The summed E-state index contributed by atoms with van der Waals surface area (Å²) in [6.07, 6.45) is 13.6. The van der Waals surface area contributed by atoms with E-state index in [1.165, 1.54) is 15.9 Å². The summed E-state index contributed by atoms with van der Waals surface area (Å²) in [4.78, 5) is 20.7. The zero-order valence-electron chi connectivity index (χ0n) is 15.3. The topological polar surface area (TPSA) is 68.8 Å². The Labute approximate surface area is 157 Å². The van der Waals surface area contributed by atoms with Crippen LogP contribution in [0.25, 0.3) is 17.0 Å². The molecule has 4 heterocycles. The molecule has 1 saturated heterocycles. The summed E-state index contributed by atoms with van der Waals surface area (Å²) in [5.41, 5.74) is 3.62. The van der Waals surface area contributed by atoms with E-state index in [1.807, 2.05) is 11.1 Å². The Hall–Kier alpha value is -2.96. The first-order valence-electron chi connectivity index (χ1n) is 9.47. The molecule has 2 atom stereocenters. The van der Waals surface area contributed by atoms with Crippen LogP contribution in [0.2, 0.25) is 0 Å². The van der Waals surface area contributed by atoms with Crippen molar-refractivity contribution >= 4 is 22.9 Å². The van der Waals surface area contributed by atoms with Gasteiger partial charge in [0, 0.05) is 42.9 Å². The third kappa shape index (κ3) is 2.74. The molecule has 1 amide bonds. The van der Waals surface area contributed by atoms with Gasteiger partial charge in [-0.1, -0.05) is 19.1 Å². The Morgan fingerprint density at radius 1 is 1.30 bits per heavy atom. The highest BCUT2D eigenvalue weighted by molar-refractivity contribution is 5.90. The van der Waals surface area contributed by atoms with Crippen LogP contribution < -0.4 is 0 Å². The number of pyridine rings is 1. The standard InChI is InChI=1S/C20H22N6O/c1-14-5-9-24(19(27)13-26-22-7-8-23-26)12-18(14)25-10-6-15-11-21-17-4-2-3-16(17)20(15)25/h2-3,6-8,10-11,14,18H,4-5,9,12-13H2,1H3/t14-,18+/m1/s1. The Morgan fingerprint density at radius 3 is 3.00 bits per heavy atom. The molecule has 0 saturated carbocycles. The van der Waals surface area contributed by atoms with E-state index in [2.05, 4.69) is 51.1 Å². The molecule has 1 fully saturated rings. The van der Waals surface area contributed by atoms with Crippen LogP contribution in [0.1, 0.15) is 30.6 Å². The molecule has 27 heavy (non-hydrogen) atoms. The summed E-state index contributed by atoms with van der Waals surface area (Å²) in [7, 11) is 0. The number of hydrogen-bond donors (Lipinski definition) is 0. The van der Waals surface area contributed by atoms with Gasteiger partial charge in [-0.25, -0.2) is 0 Å². The number of aromatic nitrogens is 5. The Kier molecular flexibility index (Phi) is 3.81. The molecule has 2 aliphatic rings. The molecule has 5 rings (SSSR count). The maximum atomic E-state index is 12.7. The van der Waals surface area contributed by atoms with Gasteiger partial charge in [0.05, 0.1) is 29.6 Å². The van der Waals surface area contributed by atoms with Crippen molar-refractivity contribution < 1.29 is 4.79 Å². The second-order valence-corrected chi connectivity index (χ2v) is 7.48. The van der Waals surface area contributed by atoms with Gasteiger partial charge in [0.2, 0.25) is 5.91 Å². The van der Waals surface area contributed by atoms with Crippen molar-refractivity contribution in [2.24, 2.45) is 5.92 Å². The lowest BCUT2D eigenvalue weighted by molar-refractivity contribution is -0.134. The highest BCUT2D eigenvalue weighted by Gasteiger charge is 2.31. The summed E-state index contributed by atoms with van der Waals surface area (Å²) in [6, 6.07) is 2.39. The van der Waals surface area contributed by atoms with Crippen LogP contribution in [0.5, 0.6) is 0 Å². The first-order valence-corrected chi connectivity index (χ1v) is 9.47. The Balaban J connectivity index is 1.46. The Bertz CT molecular complexity index is 1020. The monoisotopic (exact) mass is 362 g/mol. The summed E-state index contributed by atoms with van der Waals surface area (Å²) in [6.45, 7) is 3.98. The molecule has 0 radical (unpaired) electrons. The molecular weight excluding hydrogens is 340 g/mol. The first-order chi connectivity index (χ1) is 13.2. The van der Waals surface area contributed by atoms with Crippen LogP contribution >= 0.6 is 0 Å².